The molecule has 158 valence electrons. The number of carbonyl (C=O) groups is 1. The predicted molar refractivity (Wildman–Crippen MR) is 120 cm³/mol. The Morgan fingerprint density at radius 1 is 1.45 bits per heavy atom. The number of allylic oxidation sites excluding steroid dienone is 3. The third kappa shape index (κ3) is 8.28. The highest BCUT2D eigenvalue weighted by atomic mass is 79.9. The first kappa shape index (κ1) is 24.2. The Morgan fingerprint density at radius 2 is 2.24 bits per heavy atom. The van der Waals surface area contributed by atoms with Crippen molar-refractivity contribution in [3.8, 4) is 5.06 Å². The van der Waals surface area contributed by atoms with Crippen molar-refractivity contribution in [3.63, 3.8) is 0 Å². The summed E-state index contributed by atoms with van der Waals surface area (Å²) < 4.78 is 6.54. The fourth-order valence-electron chi connectivity index (χ4n) is 3.71. The third-order valence-electron chi connectivity index (χ3n) is 5.21. The zero-order chi connectivity index (χ0) is 21.2. The summed E-state index contributed by atoms with van der Waals surface area (Å²) >= 11 is 4.83. The molecule has 0 aromatic carbocycles. The van der Waals surface area contributed by atoms with E-state index >= 15 is 0 Å². The summed E-state index contributed by atoms with van der Waals surface area (Å²) in [5, 5.41) is 32.0. The molecule has 0 bridgehead atoms. The number of rotatable bonds is 12. The van der Waals surface area contributed by atoms with E-state index in [1.54, 1.807) is 6.08 Å². The Balaban J connectivity index is 1.86. The van der Waals surface area contributed by atoms with Gasteiger partial charge in [0.05, 0.1) is 14.0 Å². The largest absolute Gasteiger partial charge is 0.481 e. The van der Waals surface area contributed by atoms with Gasteiger partial charge in [0.15, 0.2) is 5.06 Å². The van der Waals surface area contributed by atoms with Crippen LogP contribution in [0.1, 0.15) is 32.1 Å². The molecule has 2 radical (unpaired) electrons. The number of aliphatic carboxylic acids is 1. The number of unbranched alkanes of at least 4 members (excludes halogenated alkanes) is 1. The van der Waals surface area contributed by atoms with E-state index < -0.39 is 18.2 Å². The van der Waals surface area contributed by atoms with Gasteiger partial charge < -0.3 is 20.1 Å². The number of halogens is 1. The van der Waals surface area contributed by atoms with Crippen LogP contribution in [0.2, 0.25) is 6.32 Å². The Hall–Kier alpha value is -1.09. The number of thiophene rings is 1. The van der Waals surface area contributed by atoms with E-state index in [9.17, 15) is 15.0 Å². The van der Waals surface area contributed by atoms with Crippen LogP contribution in [0.25, 0.3) is 0 Å². The predicted octanol–water partition coefficient (Wildman–Crippen LogP) is 4.21. The standard InChI is InChI=1S/C21H28BBrO5S/c22-11-14-9-19(25)18(5-3-1-2-4-6-20(26)27)17(14)8-7-16(24)12-28-21-10-15(23)13-29-21/h1,3,7-8,10,13-14,16-19,24-25H,2,4-6,9,11-12H2,(H,26,27)/b3-1-,8-7+/t14-,16+,17-,18+,19?/m0/s1. The van der Waals surface area contributed by atoms with Gasteiger partial charge >= 0.3 is 5.97 Å². The average Bonchev–Trinajstić information content (AvgIpc) is 3.23. The Bertz CT molecular complexity index is 692. The molecule has 8 heteroatoms. The van der Waals surface area contributed by atoms with Gasteiger partial charge in [-0.25, -0.2) is 0 Å². The van der Waals surface area contributed by atoms with Crippen LogP contribution in [0.5, 0.6) is 5.06 Å². The topological polar surface area (TPSA) is 87.0 Å². The molecule has 2 rings (SSSR count). The molecule has 1 heterocycles. The van der Waals surface area contributed by atoms with Crippen molar-refractivity contribution in [1.29, 1.82) is 0 Å². The average molecular weight is 483 g/mol. The SMILES string of the molecule is [B]C[C@@H]1CC(O)[C@H](C/C=C\CCCC(=O)O)[C@H]1/C=C/[C@@H](O)COc1cc(Br)cs1. The highest BCUT2D eigenvalue weighted by Crippen LogP contribution is 2.42. The van der Waals surface area contributed by atoms with Crippen LogP contribution in [0.15, 0.2) is 40.2 Å². The fourth-order valence-corrected chi connectivity index (χ4v) is 4.98. The third-order valence-corrected chi connectivity index (χ3v) is 6.81. The lowest BCUT2D eigenvalue weighted by molar-refractivity contribution is -0.137. The smallest absolute Gasteiger partial charge is 0.303 e. The molecule has 5 nitrogen and oxygen atoms in total. The molecule has 3 N–H and O–H groups in total. The van der Waals surface area contributed by atoms with Crippen molar-refractivity contribution in [2.75, 3.05) is 6.61 Å². The van der Waals surface area contributed by atoms with E-state index in [2.05, 4.69) is 15.9 Å². The number of hydrogen-bond donors (Lipinski definition) is 3. The van der Waals surface area contributed by atoms with Gasteiger partial charge in [-0.2, -0.15) is 0 Å². The Labute approximate surface area is 186 Å². The maximum Gasteiger partial charge on any atom is 0.303 e. The fraction of sp³-hybridized carbons (Fsp3) is 0.571. The van der Waals surface area contributed by atoms with Crippen LogP contribution in [0.4, 0.5) is 0 Å². The van der Waals surface area contributed by atoms with Crippen molar-refractivity contribution in [2.24, 2.45) is 17.8 Å². The molecule has 0 aliphatic heterocycles. The van der Waals surface area contributed by atoms with E-state index in [0.717, 1.165) is 9.54 Å². The Kier molecular flexibility index (Phi) is 10.5. The summed E-state index contributed by atoms with van der Waals surface area (Å²) in [7, 11) is 5.91. The van der Waals surface area contributed by atoms with Crippen molar-refractivity contribution in [1.82, 2.24) is 0 Å². The maximum atomic E-state index is 10.5. The van der Waals surface area contributed by atoms with Crippen molar-refractivity contribution in [2.45, 2.75) is 50.6 Å². The van der Waals surface area contributed by atoms with Gasteiger partial charge in [-0.1, -0.05) is 30.6 Å². The molecule has 1 aromatic heterocycles. The normalized spacial score (nSPS) is 25.8. The molecular weight excluding hydrogens is 455 g/mol. The minimum absolute atomic E-state index is 0.0388. The van der Waals surface area contributed by atoms with Crippen molar-refractivity contribution >= 4 is 41.1 Å². The van der Waals surface area contributed by atoms with E-state index in [4.69, 9.17) is 17.7 Å². The molecular formula is C21H28BBrO5S. The molecule has 1 fully saturated rings. The lowest BCUT2D eigenvalue weighted by Crippen LogP contribution is -2.20. The molecule has 0 saturated heterocycles. The summed E-state index contributed by atoms with van der Waals surface area (Å²) in [4.78, 5) is 10.5. The number of carboxylic acid groups (broad SMARTS) is 1. The number of carboxylic acids is 1. The molecule has 0 spiro atoms. The van der Waals surface area contributed by atoms with Crippen molar-refractivity contribution in [3.05, 3.63) is 40.2 Å². The minimum Gasteiger partial charge on any atom is -0.481 e. The minimum atomic E-state index is -0.783. The summed E-state index contributed by atoms with van der Waals surface area (Å²) in [5.74, 6) is -0.482. The zero-order valence-electron chi connectivity index (χ0n) is 16.3. The van der Waals surface area contributed by atoms with E-state index in [0.29, 0.717) is 32.0 Å². The van der Waals surface area contributed by atoms with Crippen molar-refractivity contribution < 1.29 is 24.9 Å². The molecule has 1 unspecified atom stereocenters. The quantitative estimate of drug-likeness (QED) is 0.236. The van der Waals surface area contributed by atoms with Crippen LogP contribution in [-0.4, -0.2) is 47.9 Å². The van der Waals surface area contributed by atoms with E-state index in [1.807, 2.05) is 29.7 Å². The molecule has 1 aliphatic rings. The van der Waals surface area contributed by atoms with Crippen LogP contribution < -0.4 is 4.74 Å². The second-order valence-corrected chi connectivity index (χ2v) is 9.17. The number of hydrogen-bond acceptors (Lipinski definition) is 5. The van der Waals surface area contributed by atoms with Gasteiger partial charge in [0, 0.05) is 22.3 Å². The monoisotopic (exact) mass is 482 g/mol. The second-order valence-electron chi connectivity index (χ2n) is 7.38. The van der Waals surface area contributed by atoms with Crippen LogP contribution in [0.3, 0.4) is 0 Å². The molecule has 5 atom stereocenters. The van der Waals surface area contributed by atoms with Gasteiger partial charge in [0.1, 0.15) is 12.7 Å². The van der Waals surface area contributed by atoms with Gasteiger partial charge in [0.2, 0.25) is 0 Å². The van der Waals surface area contributed by atoms with Crippen LogP contribution in [0, 0.1) is 17.8 Å². The molecule has 1 aliphatic carbocycles. The van der Waals surface area contributed by atoms with Crippen LogP contribution >= 0.6 is 27.3 Å². The Morgan fingerprint density at radius 3 is 2.90 bits per heavy atom. The second kappa shape index (κ2) is 12.6. The molecule has 0 amide bonds. The number of aliphatic hydroxyl groups is 2. The van der Waals surface area contributed by atoms with E-state index in [-0.39, 0.29) is 30.8 Å². The molecule has 1 aromatic rings. The first-order chi connectivity index (χ1) is 13.9. The summed E-state index contributed by atoms with van der Waals surface area (Å²) in [6.07, 6.45) is 9.86. The number of ether oxygens (including phenoxy) is 1. The maximum absolute atomic E-state index is 10.5. The van der Waals surface area contributed by atoms with E-state index in [1.165, 1.54) is 11.3 Å². The highest BCUT2D eigenvalue weighted by Gasteiger charge is 2.39. The van der Waals surface area contributed by atoms with Gasteiger partial charge in [-0.3, -0.25) is 4.79 Å². The summed E-state index contributed by atoms with van der Waals surface area (Å²) in [6, 6.07) is 1.86. The molecule has 29 heavy (non-hydrogen) atoms. The lowest BCUT2D eigenvalue weighted by atomic mass is 9.80. The van der Waals surface area contributed by atoms with Gasteiger partial charge in [-0.15, -0.1) is 11.3 Å². The van der Waals surface area contributed by atoms with Crippen LogP contribution in [-0.2, 0) is 4.79 Å². The summed E-state index contributed by atoms with van der Waals surface area (Å²) in [5.41, 5.74) is 0. The lowest BCUT2D eigenvalue weighted by Gasteiger charge is -2.21. The number of aliphatic hydroxyl groups excluding tert-OH is 2. The first-order valence-corrected chi connectivity index (χ1v) is 11.6. The van der Waals surface area contributed by atoms with Gasteiger partial charge in [-0.05, 0) is 59.4 Å². The van der Waals surface area contributed by atoms with Gasteiger partial charge in [0.25, 0.3) is 0 Å². The highest BCUT2D eigenvalue weighted by molar-refractivity contribution is 9.10. The molecule has 1 saturated carbocycles. The zero-order valence-corrected chi connectivity index (χ0v) is 18.7. The summed E-state index contributed by atoms with van der Waals surface area (Å²) in [6.45, 7) is 0.167. The first-order valence-electron chi connectivity index (χ1n) is 9.88.